The second-order valence-corrected chi connectivity index (χ2v) is 5.25. The van der Waals surface area contributed by atoms with Crippen LogP contribution < -0.4 is 10.6 Å². The Morgan fingerprint density at radius 1 is 1.37 bits per heavy atom. The summed E-state index contributed by atoms with van der Waals surface area (Å²) in [5.74, 6) is 0. The van der Waals surface area contributed by atoms with Crippen molar-refractivity contribution < 1.29 is 4.79 Å². The molecule has 104 valence electrons. The van der Waals surface area contributed by atoms with Crippen LogP contribution in [0.4, 0.5) is 4.79 Å². The minimum Gasteiger partial charge on any atom is -0.329 e. The summed E-state index contributed by atoms with van der Waals surface area (Å²) < 4.78 is 0. The Hall–Kier alpha value is -1.55. The van der Waals surface area contributed by atoms with Gasteiger partial charge in [-0.2, -0.15) is 0 Å². The first-order chi connectivity index (χ1) is 9.11. The average Bonchev–Trinajstić information content (AvgIpc) is 2.75. The zero-order valence-electron chi connectivity index (χ0n) is 12.0. The fourth-order valence-corrected chi connectivity index (χ4v) is 2.40. The summed E-state index contributed by atoms with van der Waals surface area (Å²) >= 11 is 0. The van der Waals surface area contributed by atoms with Crippen molar-refractivity contribution in [2.75, 3.05) is 26.7 Å². The highest BCUT2D eigenvalue weighted by molar-refractivity contribution is 5.77. The van der Waals surface area contributed by atoms with E-state index in [0.717, 1.165) is 26.1 Å². The number of amides is 2. The number of nitrogens with one attached hydrogen (secondary N) is 2. The number of hydrogen-bond donors (Lipinski definition) is 2. The van der Waals surface area contributed by atoms with Crippen molar-refractivity contribution >= 4 is 6.03 Å². The highest BCUT2D eigenvalue weighted by atomic mass is 16.2. The van der Waals surface area contributed by atoms with Gasteiger partial charge in [-0.1, -0.05) is 18.2 Å². The monoisotopic (exact) mass is 261 g/mol. The molecule has 0 saturated carbocycles. The number of aryl methyl sites for hydroxylation is 2. The van der Waals surface area contributed by atoms with Crippen molar-refractivity contribution in [3.05, 3.63) is 34.9 Å². The molecule has 1 aliphatic heterocycles. The Labute approximate surface area is 115 Å². The summed E-state index contributed by atoms with van der Waals surface area (Å²) in [5, 5.41) is 6.17. The van der Waals surface area contributed by atoms with Gasteiger partial charge >= 0.3 is 6.03 Å². The Bertz CT molecular complexity index is 459. The molecule has 2 amide bonds. The molecule has 19 heavy (non-hydrogen) atoms. The van der Waals surface area contributed by atoms with Gasteiger partial charge < -0.3 is 15.5 Å². The third-order valence-corrected chi connectivity index (χ3v) is 3.78. The number of nitrogens with zero attached hydrogens (tertiary/aromatic N) is 1. The molecule has 4 nitrogen and oxygen atoms in total. The van der Waals surface area contributed by atoms with Gasteiger partial charge in [0, 0.05) is 13.1 Å². The van der Waals surface area contributed by atoms with Gasteiger partial charge in [0.05, 0.1) is 6.04 Å². The zero-order valence-corrected chi connectivity index (χ0v) is 12.0. The van der Waals surface area contributed by atoms with Crippen LogP contribution in [0.3, 0.4) is 0 Å². The molecule has 1 fully saturated rings. The highest BCUT2D eigenvalue weighted by Gasteiger charge is 2.29. The smallest absolute Gasteiger partial charge is 0.318 e. The molecule has 1 atom stereocenters. The van der Waals surface area contributed by atoms with Crippen LogP contribution in [0.5, 0.6) is 0 Å². The molecular formula is C15H23N3O. The molecule has 1 aromatic rings. The lowest BCUT2D eigenvalue weighted by molar-refractivity contribution is 0.217. The average molecular weight is 261 g/mol. The van der Waals surface area contributed by atoms with Crippen LogP contribution in [-0.4, -0.2) is 37.6 Å². The van der Waals surface area contributed by atoms with Crippen molar-refractivity contribution in [1.29, 1.82) is 0 Å². The molecule has 0 spiro atoms. The Morgan fingerprint density at radius 3 is 2.84 bits per heavy atom. The zero-order chi connectivity index (χ0) is 13.8. The lowest BCUT2D eigenvalue weighted by Gasteiger charge is -2.15. The van der Waals surface area contributed by atoms with Crippen LogP contribution in [-0.2, 0) is 0 Å². The molecular weight excluding hydrogens is 238 g/mol. The molecule has 4 heteroatoms. The molecule has 1 saturated heterocycles. The van der Waals surface area contributed by atoms with E-state index in [4.69, 9.17) is 0 Å². The maximum Gasteiger partial charge on any atom is 0.318 e. The summed E-state index contributed by atoms with van der Waals surface area (Å²) in [6.45, 7) is 6.74. The van der Waals surface area contributed by atoms with Crippen LogP contribution >= 0.6 is 0 Å². The number of benzene rings is 1. The van der Waals surface area contributed by atoms with E-state index in [1.165, 1.54) is 16.7 Å². The van der Waals surface area contributed by atoms with E-state index >= 15 is 0 Å². The van der Waals surface area contributed by atoms with E-state index < -0.39 is 0 Å². The fraction of sp³-hybridized carbons (Fsp3) is 0.533. The molecule has 0 bridgehead atoms. The number of hydrogen-bond acceptors (Lipinski definition) is 2. The van der Waals surface area contributed by atoms with E-state index in [1.807, 2.05) is 11.9 Å². The molecule has 1 aliphatic rings. The largest absolute Gasteiger partial charge is 0.329 e. The first-order valence-corrected chi connectivity index (χ1v) is 6.89. The van der Waals surface area contributed by atoms with Crippen LogP contribution in [0.2, 0.25) is 0 Å². The van der Waals surface area contributed by atoms with Crippen LogP contribution in [0.1, 0.15) is 29.2 Å². The summed E-state index contributed by atoms with van der Waals surface area (Å²) in [4.78, 5) is 13.8. The summed E-state index contributed by atoms with van der Waals surface area (Å²) in [6, 6.07) is 6.60. The predicted molar refractivity (Wildman–Crippen MR) is 77.3 cm³/mol. The van der Waals surface area contributed by atoms with Crippen LogP contribution in [0, 0.1) is 13.8 Å². The van der Waals surface area contributed by atoms with Crippen molar-refractivity contribution in [2.24, 2.45) is 0 Å². The predicted octanol–water partition coefficient (Wildman–Crippen LogP) is 1.98. The Balaban J connectivity index is 1.99. The highest BCUT2D eigenvalue weighted by Crippen LogP contribution is 2.22. The first kappa shape index (κ1) is 13.9. The van der Waals surface area contributed by atoms with Gasteiger partial charge in [0.2, 0.25) is 0 Å². The van der Waals surface area contributed by atoms with Gasteiger partial charge in [-0.05, 0) is 50.6 Å². The Morgan fingerprint density at radius 2 is 2.16 bits per heavy atom. The van der Waals surface area contributed by atoms with Gasteiger partial charge in [0.15, 0.2) is 0 Å². The third-order valence-electron chi connectivity index (χ3n) is 3.78. The van der Waals surface area contributed by atoms with E-state index in [-0.39, 0.29) is 12.1 Å². The van der Waals surface area contributed by atoms with E-state index in [9.17, 15) is 4.79 Å². The summed E-state index contributed by atoms with van der Waals surface area (Å²) in [5.41, 5.74) is 3.77. The van der Waals surface area contributed by atoms with Gasteiger partial charge in [-0.25, -0.2) is 4.79 Å². The maximum atomic E-state index is 11.9. The number of rotatable bonds is 5. The van der Waals surface area contributed by atoms with Crippen molar-refractivity contribution in [2.45, 2.75) is 26.3 Å². The van der Waals surface area contributed by atoms with E-state index in [2.05, 4.69) is 42.7 Å². The van der Waals surface area contributed by atoms with Gasteiger partial charge in [-0.15, -0.1) is 0 Å². The van der Waals surface area contributed by atoms with Crippen molar-refractivity contribution in [3.8, 4) is 0 Å². The number of urea groups is 1. The summed E-state index contributed by atoms with van der Waals surface area (Å²) in [6.07, 6.45) is 0.990. The van der Waals surface area contributed by atoms with Gasteiger partial charge in [0.1, 0.15) is 0 Å². The molecule has 0 radical (unpaired) electrons. The molecule has 1 aromatic carbocycles. The van der Waals surface area contributed by atoms with Crippen LogP contribution in [0.15, 0.2) is 18.2 Å². The lowest BCUT2D eigenvalue weighted by Crippen LogP contribution is -2.30. The van der Waals surface area contributed by atoms with Gasteiger partial charge in [-0.3, -0.25) is 0 Å². The lowest BCUT2D eigenvalue weighted by atomic mass is 10.0. The number of carbonyl (C=O) groups excluding carboxylic acids is 1. The minimum absolute atomic E-state index is 0.0549. The van der Waals surface area contributed by atoms with Crippen molar-refractivity contribution in [3.63, 3.8) is 0 Å². The molecule has 1 heterocycles. The SMILES string of the molecule is CNCCCN1CC(c2ccc(C)c(C)c2)NC1=O. The molecule has 2 N–H and O–H groups in total. The second kappa shape index (κ2) is 6.06. The van der Waals surface area contributed by atoms with Crippen LogP contribution in [0.25, 0.3) is 0 Å². The third kappa shape index (κ3) is 3.26. The standard InChI is InChI=1S/C15H23N3O/c1-11-5-6-13(9-12(11)2)14-10-18(15(19)17-14)8-4-7-16-3/h5-6,9,14,16H,4,7-8,10H2,1-3H3,(H,17,19). The molecule has 2 rings (SSSR count). The molecule has 0 aromatic heterocycles. The van der Waals surface area contributed by atoms with E-state index in [1.54, 1.807) is 0 Å². The topological polar surface area (TPSA) is 44.4 Å². The summed E-state index contributed by atoms with van der Waals surface area (Å²) in [7, 11) is 1.93. The van der Waals surface area contributed by atoms with E-state index in [0.29, 0.717) is 0 Å². The fourth-order valence-electron chi connectivity index (χ4n) is 2.40. The minimum atomic E-state index is 0.0549. The van der Waals surface area contributed by atoms with Crippen molar-refractivity contribution in [1.82, 2.24) is 15.5 Å². The number of carbonyl (C=O) groups is 1. The Kier molecular flexibility index (Phi) is 4.43. The first-order valence-electron chi connectivity index (χ1n) is 6.89. The van der Waals surface area contributed by atoms with Gasteiger partial charge in [0.25, 0.3) is 0 Å². The normalized spacial score (nSPS) is 18.8. The molecule has 1 unspecified atom stereocenters. The second-order valence-electron chi connectivity index (χ2n) is 5.25. The quantitative estimate of drug-likeness (QED) is 0.796. The molecule has 0 aliphatic carbocycles. The maximum absolute atomic E-state index is 11.9.